The van der Waals surface area contributed by atoms with E-state index in [2.05, 4.69) is 11.9 Å². The third-order valence-electron chi connectivity index (χ3n) is 7.07. The fourth-order valence-corrected chi connectivity index (χ4v) is 5.34. The van der Waals surface area contributed by atoms with Crippen LogP contribution in [0.1, 0.15) is 35.8 Å². The van der Waals surface area contributed by atoms with Gasteiger partial charge in [-0.05, 0) is 43.4 Å². The molecule has 168 valence electrons. The molecule has 5 rings (SSSR count). The first kappa shape index (κ1) is 20.8. The van der Waals surface area contributed by atoms with Gasteiger partial charge in [0, 0.05) is 36.8 Å². The first-order valence-electron chi connectivity index (χ1n) is 11.1. The molecule has 0 radical (unpaired) electrons. The Balaban J connectivity index is 1.61. The number of benzene rings is 1. The Morgan fingerprint density at radius 2 is 2.03 bits per heavy atom. The number of piperidine rings is 1. The van der Waals surface area contributed by atoms with E-state index in [0.717, 1.165) is 48.4 Å². The maximum Gasteiger partial charge on any atom is 0.254 e. The van der Waals surface area contributed by atoms with Crippen molar-refractivity contribution in [3.63, 3.8) is 0 Å². The Morgan fingerprint density at radius 1 is 1.22 bits per heavy atom. The summed E-state index contributed by atoms with van der Waals surface area (Å²) in [5, 5.41) is 0. The summed E-state index contributed by atoms with van der Waals surface area (Å²) in [6.45, 7) is 2.79. The molecule has 0 spiro atoms. The minimum absolute atomic E-state index is 0.00246. The van der Waals surface area contributed by atoms with Crippen LogP contribution in [0, 0.1) is 5.92 Å². The van der Waals surface area contributed by atoms with E-state index < -0.39 is 0 Å². The summed E-state index contributed by atoms with van der Waals surface area (Å²) in [4.78, 5) is 24.8. The van der Waals surface area contributed by atoms with E-state index in [-0.39, 0.29) is 18.0 Å². The number of methoxy groups -OCH3 is 2. The number of pyridine rings is 1. The lowest BCUT2D eigenvalue weighted by Crippen LogP contribution is -2.41. The zero-order chi connectivity index (χ0) is 22.6. The Morgan fingerprint density at radius 3 is 2.66 bits per heavy atom. The van der Waals surface area contributed by atoms with Gasteiger partial charge in [-0.2, -0.15) is 0 Å². The Kier molecular flexibility index (Phi) is 5.04. The van der Waals surface area contributed by atoms with Gasteiger partial charge in [0.15, 0.2) is 0 Å². The van der Waals surface area contributed by atoms with Crippen molar-refractivity contribution < 1.29 is 14.3 Å². The highest BCUT2D eigenvalue weighted by Gasteiger charge is 2.47. The minimum Gasteiger partial charge on any atom is -0.495 e. The van der Waals surface area contributed by atoms with Crippen LogP contribution in [-0.4, -0.2) is 58.2 Å². The van der Waals surface area contributed by atoms with Crippen molar-refractivity contribution >= 4 is 16.9 Å². The molecule has 1 aliphatic heterocycles. The molecule has 8 nitrogen and oxygen atoms in total. The zero-order valence-electron chi connectivity index (χ0n) is 19.0. The molecule has 2 aromatic heterocycles. The first-order valence-corrected chi connectivity index (χ1v) is 11.1. The molecule has 1 saturated carbocycles. The van der Waals surface area contributed by atoms with Gasteiger partial charge in [-0.15, -0.1) is 0 Å². The summed E-state index contributed by atoms with van der Waals surface area (Å²) in [5.74, 6) is 2.46. The van der Waals surface area contributed by atoms with E-state index >= 15 is 0 Å². The van der Waals surface area contributed by atoms with E-state index in [9.17, 15) is 4.79 Å². The largest absolute Gasteiger partial charge is 0.495 e. The SMILES string of the molecule is CCc1ncc(OC)cc1-c1nc2cc(C(=O)N3C[C@H]4CC[C@@H]3[C@@H]4N)cc(OC)c2n1C. The number of nitrogens with two attached hydrogens (primary N) is 1. The normalized spacial score (nSPS) is 22.0. The van der Waals surface area contributed by atoms with Gasteiger partial charge in [0.1, 0.15) is 22.8 Å². The number of carbonyl (C=O) groups is 1. The maximum atomic E-state index is 13.4. The van der Waals surface area contributed by atoms with Crippen LogP contribution in [0.25, 0.3) is 22.4 Å². The zero-order valence-corrected chi connectivity index (χ0v) is 19.0. The van der Waals surface area contributed by atoms with Crippen molar-refractivity contribution in [3.8, 4) is 22.9 Å². The van der Waals surface area contributed by atoms with Gasteiger partial charge in [0.05, 0.1) is 31.6 Å². The second-order valence-corrected chi connectivity index (χ2v) is 8.70. The van der Waals surface area contributed by atoms with Gasteiger partial charge >= 0.3 is 0 Å². The van der Waals surface area contributed by atoms with Crippen molar-refractivity contribution in [1.82, 2.24) is 19.4 Å². The minimum atomic E-state index is -0.00246. The summed E-state index contributed by atoms with van der Waals surface area (Å²) >= 11 is 0. The van der Waals surface area contributed by atoms with E-state index in [0.29, 0.717) is 28.5 Å². The van der Waals surface area contributed by atoms with Crippen molar-refractivity contribution in [2.45, 2.75) is 38.3 Å². The van der Waals surface area contributed by atoms with Crippen LogP contribution >= 0.6 is 0 Å². The highest BCUT2D eigenvalue weighted by molar-refractivity contribution is 6.00. The second-order valence-electron chi connectivity index (χ2n) is 8.70. The van der Waals surface area contributed by atoms with Crippen molar-refractivity contribution in [2.24, 2.45) is 18.7 Å². The van der Waals surface area contributed by atoms with Crippen molar-refractivity contribution in [2.75, 3.05) is 20.8 Å². The molecule has 0 unspecified atom stereocenters. The molecule has 32 heavy (non-hydrogen) atoms. The van der Waals surface area contributed by atoms with Crippen molar-refractivity contribution in [1.29, 1.82) is 0 Å². The molecule has 1 amide bonds. The van der Waals surface area contributed by atoms with E-state index in [1.54, 1.807) is 20.4 Å². The first-order chi connectivity index (χ1) is 15.5. The number of ether oxygens (including phenoxy) is 2. The number of amides is 1. The molecule has 1 aliphatic carbocycles. The lowest BCUT2D eigenvalue weighted by molar-refractivity contribution is 0.0700. The van der Waals surface area contributed by atoms with Crippen LogP contribution in [0.4, 0.5) is 0 Å². The van der Waals surface area contributed by atoms with Crippen LogP contribution < -0.4 is 15.2 Å². The number of hydrogen-bond acceptors (Lipinski definition) is 6. The molecular formula is C24H29N5O3. The second kappa shape index (κ2) is 7.78. The topological polar surface area (TPSA) is 95.5 Å². The number of carbonyl (C=O) groups excluding carboxylic acids is 1. The highest BCUT2D eigenvalue weighted by atomic mass is 16.5. The van der Waals surface area contributed by atoms with E-state index in [4.69, 9.17) is 20.2 Å². The lowest BCUT2D eigenvalue weighted by Gasteiger charge is -2.27. The molecule has 3 atom stereocenters. The van der Waals surface area contributed by atoms with Crippen LogP contribution in [0.15, 0.2) is 24.4 Å². The van der Waals surface area contributed by atoms with E-state index in [1.807, 2.05) is 34.7 Å². The van der Waals surface area contributed by atoms with Crippen LogP contribution in [-0.2, 0) is 13.5 Å². The molecule has 2 bridgehead atoms. The maximum absolute atomic E-state index is 13.4. The smallest absolute Gasteiger partial charge is 0.254 e. The Bertz CT molecular complexity index is 1200. The fourth-order valence-electron chi connectivity index (χ4n) is 5.34. The van der Waals surface area contributed by atoms with Gasteiger partial charge in [-0.25, -0.2) is 4.98 Å². The fraction of sp³-hybridized carbons (Fsp3) is 0.458. The molecule has 2 fully saturated rings. The number of fused-ring (bicyclic) bond motifs is 3. The summed E-state index contributed by atoms with van der Waals surface area (Å²) in [7, 11) is 5.19. The molecule has 1 saturated heterocycles. The van der Waals surface area contributed by atoms with Gasteiger partial charge in [0.25, 0.3) is 5.91 Å². The number of aryl methyl sites for hydroxylation is 2. The Hall–Kier alpha value is -3.13. The molecular weight excluding hydrogens is 406 g/mol. The van der Waals surface area contributed by atoms with Gasteiger partial charge in [-0.1, -0.05) is 6.92 Å². The number of imidazole rings is 1. The standard InChI is InChI=1S/C24H29N5O3/c1-5-17-16(10-15(31-3)11-26-17)23-27-18-8-14(9-20(32-4)22(18)28(23)2)24(30)29-12-13-6-7-19(29)21(13)25/h8-11,13,19,21H,5-7,12,25H2,1-4H3/t13-,19-,21-/m1/s1. The van der Waals surface area contributed by atoms with Crippen LogP contribution in [0.5, 0.6) is 11.5 Å². The molecule has 3 heterocycles. The number of nitrogens with zero attached hydrogens (tertiary/aromatic N) is 4. The Labute approximate surface area is 187 Å². The third-order valence-corrected chi connectivity index (χ3v) is 7.07. The number of hydrogen-bond donors (Lipinski definition) is 1. The predicted octanol–water partition coefficient (Wildman–Crippen LogP) is 2.78. The van der Waals surface area contributed by atoms with Gasteiger partial charge in [0.2, 0.25) is 0 Å². The summed E-state index contributed by atoms with van der Waals surface area (Å²) in [6, 6.07) is 5.84. The van der Waals surface area contributed by atoms with Crippen LogP contribution in [0.2, 0.25) is 0 Å². The average Bonchev–Trinajstić information content (AvgIpc) is 3.46. The predicted molar refractivity (Wildman–Crippen MR) is 122 cm³/mol. The molecule has 1 aromatic carbocycles. The average molecular weight is 436 g/mol. The summed E-state index contributed by atoms with van der Waals surface area (Å²) < 4.78 is 13.1. The molecule has 2 N–H and O–H groups in total. The third kappa shape index (κ3) is 3.04. The quantitative estimate of drug-likeness (QED) is 0.662. The van der Waals surface area contributed by atoms with Crippen molar-refractivity contribution in [3.05, 3.63) is 35.7 Å². The number of likely N-dealkylation sites (tertiary alicyclic amines) is 1. The lowest BCUT2D eigenvalue weighted by atomic mass is 10.1. The number of aromatic nitrogens is 3. The summed E-state index contributed by atoms with van der Waals surface area (Å²) in [6.07, 6.45) is 4.57. The van der Waals surface area contributed by atoms with E-state index in [1.165, 1.54) is 0 Å². The van der Waals surface area contributed by atoms with Crippen LogP contribution in [0.3, 0.4) is 0 Å². The molecule has 8 heteroatoms. The summed E-state index contributed by atoms with van der Waals surface area (Å²) in [5.41, 5.74) is 10.3. The van der Waals surface area contributed by atoms with Gasteiger partial charge < -0.3 is 24.7 Å². The monoisotopic (exact) mass is 435 g/mol. The highest BCUT2D eigenvalue weighted by Crippen LogP contribution is 2.39. The number of rotatable bonds is 5. The molecule has 2 aliphatic rings. The molecule has 3 aromatic rings. The van der Waals surface area contributed by atoms with Gasteiger partial charge in [-0.3, -0.25) is 9.78 Å².